The van der Waals surface area contributed by atoms with Crippen molar-refractivity contribution in [2.24, 2.45) is 0 Å². The van der Waals surface area contributed by atoms with Crippen LogP contribution in [0, 0.1) is 0 Å². The number of allylic oxidation sites excluding steroid dienone is 10. The average molecular weight is 970 g/mol. The van der Waals surface area contributed by atoms with E-state index in [0.717, 1.165) is 70.6 Å². The normalized spacial score (nSPS) is 13.2. The van der Waals surface area contributed by atoms with Crippen LogP contribution in [0.5, 0.6) is 0 Å². The van der Waals surface area contributed by atoms with Gasteiger partial charge in [-0.25, -0.2) is 4.79 Å². The van der Waals surface area contributed by atoms with Gasteiger partial charge in [0.15, 0.2) is 12.1 Å². The van der Waals surface area contributed by atoms with E-state index in [0.29, 0.717) is 19.3 Å². The lowest BCUT2D eigenvalue weighted by atomic mass is 10.1. The Balaban J connectivity index is 4.21. The number of hydrogen-bond donors (Lipinski definition) is 1. The maximum Gasteiger partial charge on any atom is 0.362 e. The van der Waals surface area contributed by atoms with E-state index in [-0.39, 0.29) is 36.2 Å². The molecule has 0 aliphatic heterocycles. The van der Waals surface area contributed by atoms with E-state index in [1.165, 1.54) is 154 Å². The first-order chi connectivity index (χ1) is 33.6. The summed E-state index contributed by atoms with van der Waals surface area (Å²) in [4.78, 5) is 37.3. The third-order valence-corrected chi connectivity index (χ3v) is 12.9. The zero-order valence-corrected chi connectivity index (χ0v) is 45.8. The summed E-state index contributed by atoms with van der Waals surface area (Å²) < 4.78 is 17.4. The summed E-state index contributed by atoms with van der Waals surface area (Å²) in [6.07, 6.45) is 65.6. The van der Waals surface area contributed by atoms with Crippen LogP contribution in [-0.4, -0.2) is 80.6 Å². The number of aliphatic carboxylic acids is 1. The van der Waals surface area contributed by atoms with Gasteiger partial charge in [0, 0.05) is 19.3 Å². The van der Waals surface area contributed by atoms with E-state index in [9.17, 15) is 19.5 Å². The quantitative estimate of drug-likeness (QED) is 0.0280. The second-order valence-corrected chi connectivity index (χ2v) is 20.5. The number of quaternary nitrogens is 1. The van der Waals surface area contributed by atoms with Crippen molar-refractivity contribution in [3.05, 3.63) is 60.8 Å². The molecule has 0 bridgehead atoms. The van der Waals surface area contributed by atoms with Crippen molar-refractivity contribution >= 4 is 17.9 Å². The highest BCUT2D eigenvalue weighted by atomic mass is 16.6. The summed E-state index contributed by atoms with van der Waals surface area (Å²) in [7, 11) is 5.54. The van der Waals surface area contributed by atoms with Crippen LogP contribution in [0.15, 0.2) is 60.8 Å². The number of hydrogen-bond acceptors (Lipinski definition) is 6. The van der Waals surface area contributed by atoms with Crippen LogP contribution in [0.4, 0.5) is 0 Å². The van der Waals surface area contributed by atoms with Gasteiger partial charge in [-0.2, -0.15) is 0 Å². The van der Waals surface area contributed by atoms with Crippen molar-refractivity contribution < 1.29 is 38.2 Å². The molecule has 0 amide bonds. The topological polar surface area (TPSA) is 99.1 Å². The van der Waals surface area contributed by atoms with Crippen molar-refractivity contribution in [1.29, 1.82) is 0 Å². The molecule has 2 unspecified atom stereocenters. The van der Waals surface area contributed by atoms with Gasteiger partial charge >= 0.3 is 17.9 Å². The van der Waals surface area contributed by atoms with Crippen molar-refractivity contribution in [3.8, 4) is 0 Å². The number of ether oxygens (including phenoxy) is 3. The predicted octanol–water partition coefficient (Wildman–Crippen LogP) is 17.3. The molecule has 0 aliphatic rings. The van der Waals surface area contributed by atoms with E-state index in [1.807, 2.05) is 21.1 Å². The zero-order chi connectivity index (χ0) is 50.6. The van der Waals surface area contributed by atoms with Crippen molar-refractivity contribution in [2.45, 2.75) is 270 Å². The van der Waals surface area contributed by atoms with Crippen LogP contribution in [-0.2, 0) is 28.6 Å². The fourth-order valence-corrected chi connectivity index (χ4v) is 8.42. The fraction of sp³-hybridized carbons (Fsp3) is 0.787. The van der Waals surface area contributed by atoms with Gasteiger partial charge in [0.25, 0.3) is 0 Å². The van der Waals surface area contributed by atoms with Gasteiger partial charge in [-0.05, 0) is 83.5 Å². The van der Waals surface area contributed by atoms with Gasteiger partial charge in [0.05, 0.1) is 34.4 Å². The summed E-state index contributed by atoms with van der Waals surface area (Å²) >= 11 is 0. The van der Waals surface area contributed by atoms with Gasteiger partial charge in [0.2, 0.25) is 0 Å². The number of unbranched alkanes of at least 4 members (excludes halogenated alkanes) is 28. The predicted molar refractivity (Wildman–Crippen MR) is 294 cm³/mol. The minimum absolute atomic E-state index is 0.0553. The van der Waals surface area contributed by atoms with Crippen LogP contribution < -0.4 is 0 Å². The number of rotatable bonds is 52. The highest BCUT2D eigenvalue weighted by Crippen LogP contribution is 2.16. The molecule has 0 rings (SSSR count). The Morgan fingerprint density at radius 2 is 0.768 bits per heavy atom. The molecule has 0 saturated heterocycles. The molecule has 8 nitrogen and oxygen atoms in total. The lowest BCUT2D eigenvalue weighted by Crippen LogP contribution is -2.50. The molecule has 0 aromatic carbocycles. The second kappa shape index (κ2) is 51.4. The van der Waals surface area contributed by atoms with Crippen molar-refractivity contribution in [1.82, 2.24) is 0 Å². The standard InChI is InChI=1S/C61H109NO7/c1-6-8-10-12-14-16-18-20-22-24-26-28-30-32-33-35-37-39-41-43-45-47-49-51-59(63)68-56-57(55-67-54-53-58(61(65)66)62(3,4)5)69-60(64)52-50-48-46-44-42-40-38-36-34-31-29-27-25-23-21-19-17-15-13-11-9-7-2/h15,17,21,23,26-29,32-33,57-58H,6-14,16,18-20,22,24-25,30-31,34-56H2,1-5H3/p+1/b17-15+,23-21+,28-26+,29-27+,33-32+. The van der Waals surface area contributed by atoms with E-state index in [1.54, 1.807) is 0 Å². The first-order valence-electron chi connectivity index (χ1n) is 28.8. The lowest BCUT2D eigenvalue weighted by molar-refractivity contribution is -0.887. The summed E-state index contributed by atoms with van der Waals surface area (Å²) in [6, 6.07) is -0.620. The van der Waals surface area contributed by atoms with E-state index in [4.69, 9.17) is 14.2 Å². The Hall–Kier alpha value is -2.97. The maximum absolute atomic E-state index is 12.8. The third-order valence-electron chi connectivity index (χ3n) is 12.9. The summed E-state index contributed by atoms with van der Waals surface area (Å²) in [6.45, 7) is 4.72. The lowest BCUT2D eigenvalue weighted by Gasteiger charge is -2.31. The largest absolute Gasteiger partial charge is 0.477 e. The van der Waals surface area contributed by atoms with Gasteiger partial charge in [-0.15, -0.1) is 0 Å². The number of esters is 2. The van der Waals surface area contributed by atoms with Crippen LogP contribution in [0.2, 0.25) is 0 Å². The fourth-order valence-electron chi connectivity index (χ4n) is 8.42. The Labute approximate surface area is 426 Å². The summed E-state index contributed by atoms with van der Waals surface area (Å²) in [5, 5.41) is 9.68. The molecule has 0 aromatic heterocycles. The molecule has 1 N–H and O–H groups in total. The Kier molecular flexibility index (Phi) is 49.2. The summed E-state index contributed by atoms with van der Waals surface area (Å²) in [5.74, 6) is -1.48. The smallest absolute Gasteiger partial charge is 0.362 e. The number of likely N-dealkylation sites (N-methyl/N-ethyl adjacent to an activating group) is 1. The molecule has 0 fully saturated rings. The Morgan fingerprint density at radius 1 is 0.435 bits per heavy atom. The molecule has 69 heavy (non-hydrogen) atoms. The maximum atomic E-state index is 12.8. The molecule has 0 aromatic rings. The van der Waals surface area contributed by atoms with Gasteiger partial charge in [-0.1, -0.05) is 216 Å². The first-order valence-corrected chi connectivity index (χ1v) is 28.8. The Morgan fingerprint density at radius 3 is 1.16 bits per heavy atom. The van der Waals surface area contributed by atoms with E-state index < -0.39 is 18.1 Å². The SMILES string of the molecule is CCCCC/C=C/C/C=C/C/C=C/CCCCCCCCCCCC(=O)OC(COCCC(C(=O)O)[N+](C)(C)C)COC(=O)CCCCCCCCC/C=C/C/C=C/CCCCCCCCCCC. The molecular formula is C61H110NO7+. The van der Waals surface area contributed by atoms with Gasteiger partial charge in [-0.3, -0.25) is 9.59 Å². The Bertz CT molecular complexity index is 1310. The van der Waals surface area contributed by atoms with E-state index >= 15 is 0 Å². The number of carboxylic acids is 1. The van der Waals surface area contributed by atoms with Gasteiger partial charge < -0.3 is 23.8 Å². The molecule has 0 radical (unpaired) electrons. The van der Waals surface area contributed by atoms with Crippen LogP contribution in [0.1, 0.15) is 258 Å². The highest BCUT2D eigenvalue weighted by molar-refractivity contribution is 5.72. The van der Waals surface area contributed by atoms with E-state index in [2.05, 4.69) is 74.6 Å². The minimum Gasteiger partial charge on any atom is -0.477 e. The van der Waals surface area contributed by atoms with Crippen molar-refractivity contribution in [3.63, 3.8) is 0 Å². The monoisotopic (exact) mass is 969 g/mol. The zero-order valence-electron chi connectivity index (χ0n) is 45.8. The number of nitrogens with zero attached hydrogens (tertiary/aromatic N) is 1. The number of carboxylic acid groups (broad SMARTS) is 1. The van der Waals surface area contributed by atoms with Crippen LogP contribution in [0.25, 0.3) is 0 Å². The van der Waals surface area contributed by atoms with Crippen molar-refractivity contribution in [2.75, 3.05) is 41.0 Å². The molecule has 8 heteroatoms. The molecular weight excluding hydrogens is 859 g/mol. The molecule has 2 atom stereocenters. The molecule has 0 saturated carbocycles. The summed E-state index contributed by atoms with van der Waals surface area (Å²) in [5.41, 5.74) is 0. The van der Waals surface area contributed by atoms with Crippen LogP contribution in [0.3, 0.4) is 0 Å². The average Bonchev–Trinajstić information content (AvgIpc) is 3.31. The minimum atomic E-state index is -0.876. The molecule has 0 heterocycles. The third kappa shape index (κ3) is 49.8. The number of carbonyl (C=O) groups is 3. The highest BCUT2D eigenvalue weighted by Gasteiger charge is 2.31. The van der Waals surface area contributed by atoms with Gasteiger partial charge in [0.1, 0.15) is 6.61 Å². The van der Waals surface area contributed by atoms with Crippen LogP contribution >= 0.6 is 0 Å². The molecule has 0 aliphatic carbocycles. The number of carbonyl (C=O) groups excluding carboxylic acids is 2. The first kappa shape index (κ1) is 66.0. The second-order valence-electron chi connectivity index (χ2n) is 20.5. The molecule has 0 spiro atoms. The molecule has 400 valence electrons.